The van der Waals surface area contributed by atoms with Gasteiger partial charge in [0, 0.05) is 5.56 Å². The lowest BCUT2D eigenvalue weighted by atomic mass is 10.1. The largest absolute Gasteiger partial charge is 0.417 e. The predicted molar refractivity (Wildman–Crippen MR) is 119 cm³/mol. The van der Waals surface area contributed by atoms with Crippen molar-refractivity contribution in [3.05, 3.63) is 96.2 Å². The zero-order valence-electron chi connectivity index (χ0n) is 17.0. The fraction of sp³-hybridized carbons (Fsp3) is 0.120. The van der Waals surface area contributed by atoms with Crippen LogP contribution in [0.2, 0.25) is 0 Å². The van der Waals surface area contributed by atoms with Gasteiger partial charge in [0.1, 0.15) is 11.4 Å². The van der Waals surface area contributed by atoms with Crippen LogP contribution < -0.4 is 10.1 Å². The maximum atomic E-state index is 12.6. The molecule has 0 spiro atoms. The number of nitrogens with zero attached hydrogens (tertiary/aromatic N) is 2. The number of para-hydroxylation sites is 1. The molecule has 0 radical (unpaired) electrons. The number of aromatic nitrogens is 2. The van der Waals surface area contributed by atoms with Crippen molar-refractivity contribution in [2.24, 2.45) is 0 Å². The molecule has 0 unspecified atom stereocenters. The van der Waals surface area contributed by atoms with Crippen molar-refractivity contribution in [1.82, 2.24) is 9.78 Å². The minimum absolute atomic E-state index is 0.497. The SMILES string of the molecule is CCc1ccc(-c2nn(-c3ccccc3)cc2NC(=O)Oc2cccc(C)c2)cc1. The lowest BCUT2D eigenvalue weighted by Crippen LogP contribution is -2.16. The fourth-order valence-electron chi connectivity index (χ4n) is 3.21. The first-order chi connectivity index (χ1) is 14.6. The van der Waals surface area contributed by atoms with Crippen LogP contribution in [0.3, 0.4) is 0 Å². The number of benzene rings is 3. The monoisotopic (exact) mass is 397 g/mol. The van der Waals surface area contributed by atoms with Gasteiger partial charge in [0.05, 0.1) is 17.6 Å². The minimum atomic E-state index is -0.556. The molecule has 0 saturated heterocycles. The van der Waals surface area contributed by atoms with Gasteiger partial charge in [-0.25, -0.2) is 9.48 Å². The van der Waals surface area contributed by atoms with Gasteiger partial charge in [-0.3, -0.25) is 5.32 Å². The number of carbonyl (C=O) groups is 1. The Morgan fingerprint density at radius 1 is 1.00 bits per heavy atom. The summed E-state index contributed by atoms with van der Waals surface area (Å²) >= 11 is 0. The molecule has 1 aromatic heterocycles. The number of nitrogens with one attached hydrogen (secondary N) is 1. The molecule has 5 nitrogen and oxygen atoms in total. The quantitative estimate of drug-likeness (QED) is 0.448. The van der Waals surface area contributed by atoms with Crippen LogP contribution in [0.1, 0.15) is 18.1 Å². The van der Waals surface area contributed by atoms with E-state index >= 15 is 0 Å². The number of amides is 1. The van der Waals surface area contributed by atoms with E-state index in [9.17, 15) is 4.79 Å². The van der Waals surface area contributed by atoms with Crippen molar-refractivity contribution < 1.29 is 9.53 Å². The molecule has 4 rings (SSSR count). The average molecular weight is 397 g/mol. The van der Waals surface area contributed by atoms with E-state index < -0.39 is 6.09 Å². The molecule has 1 heterocycles. The van der Waals surface area contributed by atoms with Gasteiger partial charge >= 0.3 is 6.09 Å². The molecule has 1 N–H and O–H groups in total. The first kappa shape index (κ1) is 19.5. The second-order valence-corrected chi connectivity index (χ2v) is 7.05. The zero-order valence-corrected chi connectivity index (χ0v) is 17.0. The van der Waals surface area contributed by atoms with Gasteiger partial charge in [0.25, 0.3) is 0 Å². The number of anilines is 1. The molecule has 0 saturated carbocycles. The Bertz CT molecular complexity index is 1150. The lowest BCUT2D eigenvalue weighted by Gasteiger charge is -2.07. The normalized spacial score (nSPS) is 10.6. The Labute approximate surface area is 175 Å². The Morgan fingerprint density at radius 2 is 1.77 bits per heavy atom. The molecular formula is C25H23N3O2. The van der Waals surface area contributed by atoms with Gasteiger partial charge < -0.3 is 4.74 Å². The molecule has 0 aliphatic carbocycles. The van der Waals surface area contributed by atoms with Crippen molar-refractivity contribution in [3.63, 3.8) is 0 Å². The molecule has 0 aliphatic heterocycles. The summed E-state index contributed by atoms with van der Waals surface area (Å²) in [6.45, 7) is 4.07. The second kappa shape index (κ2) is 8.66. The number of hydrogen-bond donors (Lipinski definition) is 1. The summed E-state index contributed by atoms with van der Waals surface area (Å²) in [4.78, 5) is 12.6. The highest BCUT2D eigenvalue weighted by Crippen LogP contribution is 2.28. The predicted octanol–water partition coefficient (Wildman–Crippen LogP) is 6.02. The van der Waals surface area contributed by atoms with Crippen LogP contribution in [-0.2, 0) is 6.42 Å². The third kappa shape index (κ3) is 4.41. The Balaban J connectivity index is 1.65. The average Bonchev–Trinajstić information content (AvgIpc) is 3.18. The van der Waals surface area contributed by atoms with Crippen molar-refractivity contribution >= 4 is 11.8 Å². The van der Waals surface area contributed by atoms with Gasteiger partial charge in [-0.15, -0.1) is 0 Å². The van der Waals surface area contributed by atoms with Crippen molar-refractivity contribution in [3.8, 4) is 22.7 Å². The van der Waals surface area contributed by atoms with Gasteiger partial charge in [0.15, 0.2) is 0 Å². The van der Waals surface area contributed by atoms with Crippen LogP contribution in [0.5, 0.6) is 5.75 Å². The number of rotatable bonds is 5. The van der Waals surface area contributed by atoms with Crippen LogP contribution in [0, 0.1) is 6.92 Å². The number of carbonyl (C=O) groups excluding carboxylic acids is 1. The third-order valence-corrected chi connectivity index (χ3v) is 4.81. The first-order valence-corrected chi connectivity index (χ1v) is 9.92. The van der Waals surface area contributed by atoms with Crippen LogP contribution in [0.15, 0.2) is 85.1 Å². The summed E-state index contributed by atoms with van der Waals surface area (Å²) in [5.74, 6) is 0.497. The van der Waals surface area contributed by atoms with E-state index in [4.69, 9.17) is 9.84 Å². The van der Waals surface area contributed by atoms with Crippen LogP contribution in [-0.4, -0.2) is 15.9 Å². The van der Waals surface area contributed by atoms with E-state index in [1.54, 1.807) is 16.9 Å². The number of ether oxygens (including phenoxy) is 1. The van der Waals surface area contributed by atoms with Crippen molar-refractivity contribution in [1.29, 1.82) is 0 Å². The van der Waals surface area contributed by atoms with E-state index in [-0.39, 0.29) is 0 Å². The van der Waals surface area contributed by atoms with Crippen LogP contribution >= 0.6 is 0 Å². The lowest BCUT2D eigenvalue weighted by molar-refractivity contribution is 0.215. The highest BCUT2D eigenvalue weighted by molar-refractivity contribution is 5.91. The Hall–Kier alpha value is -3.86. The molecule has 4 aromatic rings. The maximum absolute atomic E-state index is 12.6. The van der Waals surface area contributed by atoms with Gasteiger partial charge in [0.2, 0.25) is 0 Å². The summed E-state index contributed by atoms with van der Waals surface area (Å²) < 4.78 is 7.21. The molecule has 5 heteroatoms. The molecule has 30 heavy (non-hydrogen) atoms. The van der Waals surface area contributed by atoms with E-state index in [1.807, 2.05) is 67.6 Å². The highest BCUT2D eigenvalue weighted by Gasteiger charge is 2.16. The smallest absolute Gasteiger partial charge is 0.410 e. The summed E-state index contributed by atoms with van der Waals surface area (Å²) in [6.07, 6.45) is 2.21. The zero-order chi connectivity index (χ0) is 20.9. The summed E-state index contributed by atoms with van der Waals surface area (Å²) in [6, 6.07) is 25.4. The molecule has 0 aliphatic rings. The number of aryl methyl sites for hydroxylation is 2. The standard InChI is InChI=1S/C25H23N3O2/c1-3-19-12-14-20(15-13-19)24-23(17-28(27-24)21-9-5-4-6-10-21)26-25(29)30-22-11-7-8-18(2)16-22/h4-17H,3H2,1-2H3,(H,26,29). The van der Waals surface area contributed by atoms with Crippen LogP contribution in [0.25, 0.3) is 16.9 Å². The summed E-state index contributed by atoms with van der Waals surface area (Å²) in [5, 5.41) is 7.58. The minimum Gasteiger partial charge on any atom is -0.410 e. The Morgan fingerprint density at radius 3 is 2.47 bits per heavy atom. The number of hydrogen-bond acceptors (Lipinski definition) is 3. The van der Waals surface area contributed by atoms with Gasteiger partial charge in [-0.2, -0.15) is 5.10 Å². The molecule has 3 aromatic carbocycles. The molecular weight excluding hydrogens is 374 g/mol. The molecule has 0 fully saturated rings. The maximum Gasteiger partial charge on any atom is 0.417 e. The molecule has 1 amide bonds. The summed E-state index contributed by atoms with van der Waals surface area (Å²) in [7, 11) is 0. The molecule has 150 valence electrons. The fourth-order valence-corrected chi connectivity index (χ4v) is 3.21. The van der Waals surface area contributed by atoms with Crippen molar-refractivity contribution in [2.45, 2.75) is 20.3 Å². The van der Waals surface area contributed by atoms with E-state index in [2.05, 4.69) is 24.4 Å². The molecule has 0 atom stereocenters. The third-order valence-electron chi connectivity index (χ3n) is 4.81. The van der Waals surface area contributed by atoms with E-state index in [0.717, 1.165) is 23.2 Å². The van der Waals surface area contributed by atoms with E-state index in [0.29, 0.717) is 17.1 Å². The molecule has 0 bridgehead atoms. The van der Waals surface area contributed by atoms with Crippen LogP contribution in [0.4, 0.5) is 10.5 Å². The van der Waals surface area contributed by atoms with Crippen molar-refractivity contribution in [2.75, 3.05) is 5.32 Å². The topological polar surface area (TPSA) is 56.2 Å². The first-order valence-electron chi connectivity index (χ1n) is 9.92. The van der Waals surface area contributed by atoms with Gasteiger partial charge in [-0.1, -0.05) is 61.5 Å². The Kier molecular flexibility index (Phi) is 5.61. The van der Waals surface area contributed by atoms with E-state index in [1.165, 1.54) is 5.56 Å². The highest BCUT2D eigenvalue weighted by atomic mass is 16.6. The summed E-state index contributed by atoms with van der Waals surface area (Å²) in [5.41, 5.74) is 5.36. The van der Waals surface area contributed by atoms with Gasteiger partial charge in [-0.05, 0) is 48.7 Å². The second-order valence-electron chi connectivity index (χ2n) is 7.05.